The lowest BCUT2D eigenvalue weighted by Gasteiger charge is -2.29. The molecule has 0 saturated carbocycles. The van der Waals surface area contributed by atoms with E-state index in [-0.39, 0.29) is 58.4 Å². The number of alkyl halides is 3. The number of hydrogen-bond acceptors (Lipinski definition) is 4. The molecule has 11 heteroatoms. The van der Waals surface area contributed by atoms with Gasteiger partial charge in [0.05, 0.1) is 21.7 Å². The molecule has 1 heterocycles. The number of nitrogens with zero attached hydrogens (tertiary/aromatic N) is 1. The molecule has 3 aromatic rings. The normalized spacial score (nSPS) is 13.1. The third kappa shape index (κ3) is 5.91. The molecule has 1 aliphatic rings. The number of benzene rings is 3. The smallest absolute Gasteiger partial charge is 0.416 e. The van der Waals surface area contributed by atoms with E-state index < -0.39 is 23.6 Å². The van der Waals surface area contributed by atoms with Gasteiger partial charge in [0.15, 0.2) is 6.73 Å². The van der Waals surface area contributed by atoms with Gasteiger partial charge in [-0.05, 0) is 60.2 Å². The standard InChI is InChI=1S/C27H23ClF3N3O4/c1-15(2)24(35)32-13-16-3-9-22(28)20(11-16)25(36)33-18-6-10-23-21(12-18)26(37)34(14-38-23)19-7-4-17(5-8-19)27(29,30)31/h3-12,15H,13-14H2,1-2H3,(H,32,35)(H,33,36). The molecule has 0 bridgehead atoms. The summed E-state index contributed by atoms with van der Waals surface area (Å²) in [4.78, 5) is 39.2. The van der Waals surface area contributed by atoms with Crippen LogP contribution in [0.5, 0.6) is 5.75 Å². The van der Waals surface area contributed by atoms with Crippen LogP contribution in [0.25, 0.3) is 0 Å². The number of ether oxygens (including phenoxy) is 1. The van der Waals surface area contributed by atoms with Gasteiger partial charge in [0.2, 0.25) is 5.91 Å². The first-order valence-corrected chi connectivity index (χ1v) is 12.0. The fourth-order valence-electron chi connectivity index (χ4n) is 3.71. The lowest BCUT2D eigenvalue weighted by Crippen LogP contribution is -2.38. The lowest BCUT2D eigenvalue weighted by molar-refractivity contribution is -0.137. The number of carbonyl (C=O) groups excluding carboxylic acids is 3. The lowest BCUT2D eigenvalue weighted by atomic mass is 10.1. The van der Waals surface area contributed by atoms with Crippen molar-refractivity contribution in [3.8, 4) is 5.75 Å². The monoisotopic (exact) mass is 545 g/mol. The molecule has 3 aromatic carbocycles. The Bertz CT molecular complexity index is 1390. The number of halogens is 4. The SMILES string of the molecule is CC(C)C(=O)NCc1ccc(Cl)c(C(=O)Nc2ccc3c(c2)C(=O)N(c2ccc(C(F)(F)F)cc2)CO3)c1. The van der Waals surface area contributed by atoms with Gasteiger partial charge >= 0.3 is 6.18 Å². The molecule has 7 nitrogen and oxygen atoms in total. The fraction of sp³-hybridized carbons (Fsp3) is 0.222. The summed E-state index contributed by atoms with van der Waals surface area (Å²) in [5.74, 6) is -1.07. The maximum absolute atomic E-state index is 13.1. The largest absolute Gasteiger partial charge is 0.472 e. The summed E-state index contributed by atoms with van der Waals surface area (Å²) in [5.41, 5.74) is 0.669. The van der Waals surface area contributed by atoms with Crippen LogP contribution < -0.4 is 20.3 Å². The van der Waals surface area contributed by atoms with E-state index in [2.05, 4.69) is 10.6 Å². The van der Waals surface area contributed by atoms with Crippen LogP contribution in [0.4, 0.5) is 24.5 Å². The molecule has 0 atom stereocenters. The van der Waals surface area contributed by atoms with E-state index in [0.717, 1.165) is 12.1 Å². The van der Waals surface area contributed by atoms with Crippen molar-refractivity contribution in [2.75, 3.05) is 16.9 Å². The first kappa shape index (κ1) is 27.0. The molecule has 0 spiro atoms. The van der Waals surface area contributed by atoms with Gasteiger partial charge in [-0.1, -0.05) is 31.5 Å². The number of fused-ring (bicyclic) bond motifs is 1. The van der Waals surface area contributed by atoms with Crippen molar-refractivity contribution in [1.82, 2.24) is 5.32 Å². The van der Waals surface area contributed by atoms with Crippen LogP contribution in [0.15, 0.2) is 60.7 Å². The highest BCUT2D eigenvalue weighted by Gasteiger charge is 2.32. The molecule has 0 aromatic heterocycles. The topological polar surface area (TPSA) is 87.7 Å². The zero-order valence-electron chi connectivity index (χ0n) is 20.4. The van der Waals surface area contributed by atoms with Crippen molar-refractivity contribution >= 4 is 40.7 Å². The second kappa shape index (κ2) is 10.7. The first-order chi connectivity index (χ1) is 17.9. The number of hydrogen-bond donors (Lipinski definition) is 2. The molecule has 0 radical (unpaired) electrons. The van der Waals surface area contributed by atoms with E-state index in [1.54, 1.807) is 38.1 Å². The van der Waals surface area contributed by atoms with E-state index in [0.29, 0.717) is 5.56 Å². The summed E-state index contributed by atoms with van der Waals surface area (Å²) in [6, 6.07) is 13.5. The number of nitrogens with one attached hydrogen (secondary N) is 2. The Morgan fingerprint density at radius 2 is 1.76 bits per heavy atom. The highest BCUT2D eigenvalue weighted by atomic mass is 35.5. The molecule has 198 valence electrons. The Morgan fingerprint density at radius 3 is 2.42 bits per heavy atom. The number of rotatable bonds is 6. The van der Waals surface area contributed by atoms with Gasteiger partial charge in [-0.15, -0.1) is 0 Å². The Morgan fingerprint density at radius 1 is 1.05 bits per heavy atom. The molecule has 0 fully saturated rings. The summed E-state index contributed by atoms with van der Waals surface area (Å²) < 4.78 is 44.3. The zero-order chi connectivity index (χ0) is 27.6. The average Bonchev–Trinajstić information content (AvgIpc) is 2.88. The molecule has 38 heavy (non-hydrogen) atoms. The van der Waals surface area contributed by atoms with Crippen LogP contribution in [-0.4, -0.2) is 24.5 Å². The molecular weight excluding hydrogens is 523 g/mol. The second-order valence-corrected chi connectivity index (χ2v) is 9.31. The van der Waals surface area contributed by atoms with Crippen LogP contribution >= 0.6 is 11.6 Å². The molecule has 0 unspecified atom stereocenters. The van der Waals surface area contributed by atoms with Gasteiger partial charge in [-0.25, -0.2) is 0 Å². The maximum atomic E-state index is 13.1. The van der Waals surface area contributed by atoms with Crippen molar-refractivity contribution < 1.29 is 32.3 Å². The predicted octanol–water partition coefficient (Wildman–Crippen LogP) is 5.88. The minimum absolute atomic E-state index is 0.128. The van der Waals surface area contributed by atoms with E-state index in [1.807, 2.05) is 0 Å². The second-order valence-electron chi connectivity index (χ2n) is 8.90. The molecule has 2 N–H and O–H groups in total. The zero-order valence-corrected chi connectivity index (χ0v) is 21.1. The summed E-state index contributed by atoms with van der Waals surface area (Å²) >= 11 is 6.24. The predicted molar refractivity (Wildman–Crippen MR) is 136 cm³/mol. The van der Waals surface area contributed by atoms with E-state index >= 15 is 0 Å². The minimum Gasteiger partial charge on any atom is -0.472 e. The van der Waals surface area contributed by atoms with Crippen LogP contribution in [-0.2, 0) is 17.5 Å². The highest BCUT2D eigenvalue weighted by molar-refractivity contribution is 6.34. The minimum atomic E-state index is -4.49. The van der Waals surface area contributed by atoms with Gasteiger partial charge in [-0.3, -0.25) is 19.3 Å². The maximum Gasteiger partial charge on any atom is 0.416 e. The van der Waals surface area contributed by atoms with Crippen molar-refractivity contribution in [2.24, 2.45) is 5.92 Å². The third-order valence-electron chi connectivity index (χ3n) is 5.83. The molecule has 3 amide bonds. The van der Waals surface area contributed by atoms with Crippen molar-refractivity contribution in [1.29, 1.82) is 0 Å². The Labute approximate surface area is 221 Å². The van der Waals surface area contributed by atoms with Gasteiger partial charge in [0, 0.05) is 23.8 Å². The van der Waals surface area contributed by atoms with E-state index in [4.69, 9.17) is 16.3 Å². The summed E-state index contributed by atoms with van der Waals surface area (Å²) in [7, 11) is 0. The molecule has 1 aliphatic heterocycles. The first-order valence-electron chi connectivity index (χ1n) is 11.6. The highest BCUT2D eigenvalue weighted by Crippen LogP contribution is 2.34. The van der Waals surface area contributed by atoms with Gasteiger partial charge in [-0.2, -0.15) is 13.2 Å². The summed E-state index contributed by atoms with van der Waals surface area (Å²) in [6.07, 6.45) is -4.49. The fourth-order valence-corrected chi connectivity index (χ4v) is 3.91. The molecule has 4 rings (SSSR count). The average molecular weight is 546 g/mol. The Kier molecular flexibility index (Phi) is 7.63. The third-order valence-corrected chi connectivity index (χ3v) is 6.16. The van der Waals surface area contributed by atoms with Crippen LogP contribution in [0.3, 0.4) is 0 Å². The quantitative estimate of drug-likeness (QED) is 0.405. The van der Waals surface area contributed by atoms with E-state index in [9.17, 15) is 27.6 Å². The Hall–Kier alpha value is -4.05. The summed E-state index contributed by atoms with van der Waals surface area (Å²) in [6.45, 7) is 3.58. The number of carbonyl (C=O) groups is 3. The number of anilines is 2. The van der Waals surface area contributed by atoms with Gasteiger partial charge in [0.25, 0.3) is 11.8 Å². The van der Waals surface area contributed by atoms with Crippen molar-refractivity contribution in [2.45, 2.75) is 26.6 Å². The van der Waals surface area contributed by atoms with E-state index in [1.165, 1.54) is 29.2 Å². The molecule has 0 saturated heterocycles. The summed E-state index contributed by atoms with van der Waals surface area (Å²) in [5, 5.41) is 5.67. The molecular formula is C27H23ClF3N3O4. The van der Waals surface area contributed by atoms with Crippen molar-refractivity contribution in [3.05, 3.63) is 87.9 Å². The van der Waals surface area contributed by atoms with Crippen LogP contribution in [0.2, 0.25) is 5.02 Å². The Balaban J connectivity index is 1.51. The van der Waals surface area contributed by atoms with Gasteiger partial charge in [0.1, 0.15) is 5.75 Å². The van der Waals surface area contributed by atoms with Crippen molar-refractivity contribution in [3.63, 3.8) is 0 Å². The number of amides is 3. The van der Waals surface area contributed by atoms with Crippen LogP contribution in [0, 0.1) is 5.92 Å². The van der Waals surface area contributed by atoms with Crippen LogP contribution in [0.1, 0.15) is 45.7 Å². The molecule has 0 aliphatic carbocycles. The van der Waals surface area contributed by atoms with Gasteiger partial charge < -0.3 is 15.4 Å².